The van der Waals surface area contributed by atoms with Crippen molar-refractivity contribution in [2.45, 2.75) is 45.0 Å². The predicted molar refractivity (Wildman–Crippen MR) is 154 cm³/mol. The van der Waals surface area contributed by atoms with Crippen LogP contribution in [0.5, 0.6) is 5.75 Å². The van der Waals surface area contributed by atoms with E-state index in [1.165, 1.54) is 29.2 Å². The predicted octanol–water partition coefficient (Wildman–Crippen LogP) is 4.30. The number of piperidine rings is 1. The third-order valence-corrected chi connectivity index (χ3v) is 6.84. The van der Waals surface area contributed by atoms with Crippen LogP contribution in [-0.2, 0) is 17.7 Å². The Balaban J connectivity index is 1.45. The van der Waals surface area contributed by atoms with E-state index in [0.29, 0.717) is 17.7 Å². The quantitative estimate of drug-likeness (QED) is 0.299. The monoisotopic (exact) mass is 593 g/mol. The van der Waals surface area contributed by atoms with Crippen molar-refractivity contribution in [3.05, 3.63) is 76.2 Å². The molecule has 0 saturated carbocycles. The molecule has 1 saturated heterocycles. The van der Waals surface area contributed by atoms with Crippen molar-refractivity contribution < 1.29 is 22.6 Å². The Morgan fingerprint density at radius 3 is 2.49 bits per heavy atom. The molecule has 1 aromatic carbocycles. The van der Waals surface area contributed by atoms with Gasteiger partial charge in [0.15, 0.2) is 0 Å². The molecule has 5 rings (SSSR count). The molecule has 0 radical (unpaired) electrons. The van der Waals surface area contributed by atoms with E-state index in [1.807, 2.05) is 24.3 Å². The minimum Gasteiger partial charge on any atom is -0.490 e. The average Bonchev–Trinajstić information content (AvgIpc) is 2.98. The first-order chi connectivity index (χ1) is 20.7. The van der Waals surface area contributed by atoms with Gasteiger partial charge in [-0.15, -0.1) is 0 Å². The zero-order chi connectivity index (χ0) is 30.4. The number of hydrogen-bond acceptors (Lipinski definition) is 9. The molecule has 3 aromatic heterocycles. The van der Waals surface area contributed by atoms with Crippen molar-refractivity contribution in [3.8, 4) is 17.8 Å². The molecular formula is C30H30F3N7O3. The molecule has 13 heteroatoms. The zero-order valence-corrected chi connectivity index (χ0v) is 23.7. The van der Waals surface area contributed by atoms with E-state index in [4.69, 9.17) is 9.47 Å². The lowest BCUT2D eigenvalue weighted by molar-refractivity contribution is -0.128. The largest absolute Gasteiger partial charge is 0.490 e. The molecule has 0 bridgehead atoms. The van der Waals surface area contributed by atoms with Gasteiger partial charge >= 0.3 is 6.18 Å². The highest BCUT2D eigenvalue weighted by Crippen LogP contribution is 2.24. The Hall–Kier alpha value is -4.70. The maximum Gasteiger partial charge on any atom is 0.394 e. The van der Waals surface area contributed by atoms with Gasteiger partial charge in [-0.25, -0.2) is 4.98 Å². The number of ether oxygens (including phenoxy) is 2. The summed E-state index contributed by atoms with van der Waals surface area (Å²) in [6.07, 6.45) is 2.75. The molecule has 10 nitrogen and oxygen atoms in total. The van der Waals surface area contributed by atoms with Crippen LogP contribution in [0.15, 0.2) is 53.7 Å². The number of benzene rings is 1. The fourth-order valence-corrected chi connectivity index (χ4v) is 4.67. The van der Waals surface area contributed by atoms with Gasteiger partial charge < -0.3 is 19.7 Å². The number of hydrogen-bond donors (Lipinski definition) is 1. The highest BCUT2D eigenvalue weighted by atomic mass is 19.4. The number of halogens is 3. The number of nitrogens with one attached hydrogen (secondary N) is 1. The highest BCUT2D eigenvalue weighted by Gasteiger charge is 2.30. The number of alkyl halides is 3. The van der Waals surface area contributed by atoms with Gasteiger partial charge in [-0.05, 0) is 63.1 Å². The van der Waals surface area contributed by atoms with E-state index in [9.17, 15) is 18.0 Å². The summed E-state index contributed by atoms with van der Waals surface area (Å²) in [7, 11) is 2.10. The van der Waals surface area contributed by atoms with Gasteiger partial charge in [0.1, 0.15) is 23.6 Å². The molecule has 1 aliphatic heterocycles. The summed E-state index contributed by atoms with van der Waals surface area (Å²) in [6.45, 7) is 3.75. The number of fused-ring (bicyclic) bond motifs is 1. The first-order valence-electron chi connectivity index (χ1n) is 13.8. The minimum atomic E-state index is -4.50. The van der Waals surface area contributed by atoms with Crippen molar-refractivity contribution >= 4 is 22.7 Å². The molecule has 1 aliphatic rings. The maximum absolute atomic E-state index is 13.5. The van der Waals surface area contributed by atoms with E-state index in [-0.39, 0.29) is 41.2 Å². The van der Waals surface area contributed by atoms with Crippen LogP contribution < -0.4 is 15.6 Å². The van der Waals surface area contributed by atoms with E-state index < -0.39 is 18.2 Å². The van der Waals surface area contributed by atoms with Crippen LogP contribution >= 0.6 is 0 Å². The minimum absolute atomic E-state index is 0.00790. The number of anilines is 2. The van der Waals surface area contributed by atoms with Gasteiger partial charge in [-0.3, -0.25) is 19.3 Å². The summed E-state index contributed by atoms with van der Waals surface area (Å²) >= 11 is 0. The van der Waals surface area contributed by atoms with Crippen molar-refractivity contribution in [2.24, 2.45) is 0 Å². The number of nitrogens with zero attached hydrogens (tertiary/aromatic N) is 6. The zero-order valence-electron chi connectivity index (χ0n) is 23.7. The number of rotatable bonds is 8. The molecule has 0 aliphatic carbocycles. The van der Waals surface area contributed by atoms with Crippen molar-refractivity contribution in [3.63, 3.8) is 0 Å². The van der Waals surface area contributed by atoms with Gasteiger partial charge in [0, 0.05) is 42.8 Å². The van der Waals surface area contributed by atoms with Crippen molar-refractivity contribution in [1.29, 1.82) is 0 Å². The van der Waals surface area contributed by atoms with Gasteiger partial charge in [0.25, 0.3) is 5.56 Å². The van der Waals surface area contributed by atoms with Crippen LogP contribution in [0.1, 0.15) is 36.7 Å². The highest BCUT2D eigenvalue weighted by molar-refractivity contribution is 5.77. The van der Waals surface area contributed by atoms with Crippen LogP contribution in [0.3, 0.4) is 0 Å². The summed E-state index contributed by atoms with van der Waals surface area (Å²) in [5.41, 5.74) is 0.0947. The SMILES string of the molecule is CCOC#Cc1cc2cnc(Nc3ccc(OC4CCN(C)CC4)cc3)nc2n(Cc2nccnc2CC(F)(F)F)c1=O. The second-order valence-corrected chi connectivity index (χ2v) is 10.1. The second-order valence-electron chi connectivity index (χ2n) is 10.1. The standard InChI is InChI=1S/C30H30F3N7O3/c1-3-42-15-10-20-16-21-18-36-29(37-22-4-6-23(7-5-22)43-24-8-13-39(2)14-9-24)38-27(21)40(28(20)41)19-26-25(17-30(31,32)33)34-11-12-35-26/h4-7,11-12,16,18,24H,3,8-9,13-14,17,19H2,1-2H3,(H,36,37,38). The fourth-order valence-electron chi connectivity index (χ4n) is 4.67. The topological polar surface area (TPSA) is 107 Å². The normalized spacial score (nSPS) is 14.3. The van der Waals surface area contributed by atoms with Gasteiger partial charge in [0.2, 0.25) is 5.95 Å². The molecule has 0 atom stereocenters. The third-order valence-electron chi connectivity index (χ3n) is 6.84. The van der Waals surface area contributed by atoms with Crippen molar-refractivity contribution in [2.75, 3.05) is 32.1 Å². The van der Waals surface area contributed by atoms with Crippen LogP contribution in [-0.4, -0.2) is 68.4 Å². The Labute approximate surface area is 245 Å². The lowest BCUT2D eigenvalue weighted by atomic mass is 10.1. The summed E-state index contributed by atoms with van der Waals surface area (Å²) in [5.74, 6) is 3.61. The summed E-state index contributed by atoms with van der Waals surface area (Å²) in [4.78, 5) is 32.7. The fraction of sp³-hybridized carbons (Fsp3) is 0.367. The summed E-state index contributed by atoms with van der Waals surface area (Å²) < 4.78 is 52.1. The van der Waals surface area contributed by atoms with E-state index in [2.05, 4.69) is 49.2 Å². The molecule has 1 N–H and O–H groups in total. The molecule has 0 spiro atoms. The molecule has 0 amide bonds. The first kappa shape index (κ1) is 29.8. The van der Waals surface area contributed by atoms with E-state index in [0.717, 1.165) is 31.7 Å². The molecule has 43 heavy (non-hydrogen) atoms. The van der Waals surface area contributed by atoms with Gasteiger partial charge in [0.05, 0.1) is 36.5 Å². The Bertz CT molecular complexity index is 1690. The Morgan fingerprint density at radius 2 is 1.79 bits per heavy atom. The van der Waals surface area contributed by atoms with Crippen LogP contribution in [0.25, 0.3) is 11.0 Å². The second kappa shape index (κ2) is 13.1. The molecule has 4 aromatic rings. The van der Waals surface area contributed by atoms with E-state index in [1.54, 1.807) is 6.92 Å². The molecular weight excluding hydrogens is 563 g/mol. The molecule has 224 valence electrons. The molecule has 1 fully saturated rings. The summed E-state index contributed by atoms with van der Waals surface area (Å²) in [5, 5.41) is 3.57. The number of aromatic nitrogens is 5. The molecule has 0 unspecified atom stereocenters. The molecule has 4 heterocycles. The average molecular weight is 594 g/mol. The number of likely N-dealkylation sites (tertiary alicyclic amines) is 1. The maximum atomic E-state index is 13.5. The summed E-state index contributed by atoms with van der Waals surface area (Å²) in [6, 6.07) is 8.90. The van der Waals surface area contributed by atoms with Crippen molar-refractivity contribution in [1.82, 2.24) is 29.4 Å². The van der Waals surface area contributed by atoms with Crippen LogP contribution in [0.2, 0.25) is 0 Å². The van der Waals surface area contributed by atoms with Gasteiger partial charge in [-0.2, -0.15) is 18.2 Å². The van der Waals surface area contributed by atoms with E-state index >= 15 is 0 Å². The number of pyridine rings is 1. The van der Waals surface area contributed by atoms with Crippen LogP contribution in [0.4, 0.5) is 24.8 Å². The Kier molecular flexibility index (Phi) is 9.06. The van der Waals surface area contributed by atoms with Gasteiger partial charge in [-0.1, -0.05) is 0 Å². The Morgan fingerprint density at radius 1 is 1.07 bits per heavy atom. The lowest BCUT2D eigenvalue weighted by Crippen LogP contribution is -2.35. The third kappa shape index (κ3) is 7.78. The smallest absolute Gasteiger partial charge is 0.394 e. The lowest BCUT2D eigenvalue weighted by Gasteiger charge is -2.29. The van der Waals surface area contributed by atoms with Crippen LogP contribution in [0, 0.1) is 12.0 Å². The first-order valence-corrected chi connectivity index (χ1v) is 13.8.